The van der Waals surface area contributed by atoms with Crippen molar-refractivity contribution >= 4 is 28.9 Å². The van der Waals surface area contributed by atoms with E-state index in [9.17, 15) is 9.59 Å². The standard InChI is InChI=1S/C22H25N3O3S/c26-21-11-10-20(23-25(21)14-17-6-2-1-3-7-17)22(27)24(15-18-8-4-12-28-18)16-19-9-5-13-29-19/h1-3,5-7,9,13,18H,4,8,10-12,14-16H2. The maximum absolute atomic E-state index is 13.3. The number of amides is 2. The zero-order valence-corrected chi connectivity index (χ0v) is 17.1. The molecule has 2 aliphatic rings. The van der Waals surface area contributed by atoms with E-state index in [0.29, 0.717) is 38.2 Å². The van der Waals surface area contributed by atoms with Crippen molar-refractivity contribution < 1.29 is 14.3 Å². The number of thiophene rings is 1. The lowest BCUT2D eigenvalue weighted by atomic mass is 10.1. The molecule has 1 saturated heterocycles. The molecule has 7 heteroatoms. The van der Waals surface area contributed by atoms with Crippen molar-refractivity contribution in [2.75, 3.05) is 13.2 Å². The molecule has 1 aromatic carbocycles. The molecule has 29 heavy (non-hydrogen) atoms. The van der Waals surface area contributed by atoms with Gasteiger partial charge in [0.2, 0.25) is 5.91 Å². The average Bonchev–Trinajstić information content (AvgIpc) is 3.44. The molecule has 1 fully saturated rings. The zero-order chi connectivity index (χ0) is 20.1. The summed E-state index contributed by atoms with van der Waals surface area (Å²) in [5.41, 5.74) is 1.45. The molecule has 6 nitrogen and oxygen atoms in total. The van der Waals surface area contributed by atoms with Crippen molar-refractivity contribution in [3.8, 4) is 0 Å². The van der Waals surface area contributed by atoms with E-state index >= 15 is 0 Å². The number of benzene rings is 1. The lowest BCUT2D eigenvalue weighted by Gasteiger charge is -2.28. The Morgan fingerprint density at radius 2 is 2.07 bits per heavy atom. The number of hydrazone groups is 1. The van der Waals surface area contributed by atoms with Gasteiger partial charge in [0.1, 0.15) is 5.71 Å². The van der Waals surface area contributed by atoms with Crippen LogP contribution in [-0.4, -0.2) is 46.7 Å². The molecular formula is C22H25N3O3S. The first-order chi connectivity index (χ1) is 14.2. The van der Waals surface area contributed by atoms with Crippen LogP contribution in [0.4, 0.5) is 0 Å². The molecule has 1 unspecified atom stereocenters. The Kier molecular flexibility index (Phi) is 6.36. The zero-order valence-electron chi connectivity index (χ0n) is 16.3. The molecule has 0 N–H and O–H groups in total. The largest absolute Gasteiger partial charge is 0.376 e. The first-order valence-electron chi connectivity index (χ1n) is 10.0. The Hall–Kier alpha value is -2.51. The SMILES string of the molecule is O=C(C1=NN(Cc2ccccc2)C(=O)CC1)N(Cc1cccs1)CC1CCCO1. The van der Waals surface area contributed by atoms with Crippen LogP contribution in [0.25, 0.3) is 0 Å². The molecule has 4 rings (SSSR count). The molecule has 0 saturated carbocycles. The third-order valence-electron chi connectivity index (χ3n) is 5.19. The van der Waals surface area contributed by atoms with Gasteiger partial charge < -0.3 is 9.64 Å². The van der Waals surface area contributed by atoms with Gasteiger partial charge in [0.15, 0.2) is 0 Å². The van der Waals surface area contributed by atoms with Crippen LogP contribution in [0.2, 0.25) is 0 Å². The smallest absolute Gasteiger partial charge is 0.270 e. The van der Waals surface area contributed by atoms with Crippen molar-refractivity contribution in [2.45, 2.75) is 44.9 Å². The minimum absolute atomic E-state index is 0.0469. The normalized spacial score (nSPS) is 19.3. The minimum atomic E-state index is -0.0977. The number of carbonyl (C=O) groups is 2. The summed E-state index contributed by atoms with van der Waals surface area (Å²) in [7, 11) is 0. The number of hydrogen-bond acceptors (Lipinski definition) is 5. The van der Waals surface area contributed by atoms with E-state index in [1.807, 2.05) is 52.7 Å². The molecular weight excluding hydrogens is 386 g/mol. The summed E-state index contributed by atoms with van der Waals surface area (Å²) in [5.74, 6) is -0.145. The maximum atomic E-state index is 13.3. The molecule has 1 aromatic heterocycles. The van der Waals surface area contributed by atoms with Crippen LogP contribution < -0.4 is 0 Å². The molecule has 0 spiro atoms. The number of nitrogens with zero attached hydrogens (tertiary/aromatic N) is 3. The molecule has 0 radical (unpaired) electrons. The van der Waals surface area contributed by atoms with Gasteiger partial charge in [0, 0.05) is 30.9 Å². The fourth-order valence-corrected chi connectivity index (χ4v) is 4.38. The predicted molar refractivity (Wildman–Crippen MR) is 112 cm³/mol. The van der Waals surface area contributed by atoms with Crippen molar-refractivity contribution in [2.24, 2.45) is 5.10 Å². The van der Waals surface area contributed by atoms with E-state index in [2.05, 4.69) is 5.10 Å². The van der Waals surface area contributed by atoms with Gasteiger partial charge in [0.25, 0.3) is 5.91 Å². The lowest BCUT2D eigenvalue weighted by Crippen LogP contribution is -2.43. The molecule has 2 aromatic rings. The molecule has 152 valence electrons. The fourth-order valence-electron chi connectivity index (χ4n) is 3.66. The summed E-state index contributed by atoms with van der Waals surface area (Å²) in [6.45, 7) is 2.24. The van der Waals surface area contributed by atoms with Gasteiger partial charge >= 0.3 is 0 Å². The van der Waals surface area contributed by atoms with Gasteiger partial charge in [-0.1, -0.05) is 36.4 Å². The molecule has 1 atom stereocenters. The summed E-state index contributed by atoms with van der Waals surface area (Å²) < 4.78 is 5.76. The first-order valence-corrected chi connectivity index (χ1v) is 10.9. The highest BCUT2D eigenvalue weighted by atomic mass is 32.1. The van der Waals surface area contributed by atoms with Crippen LogP contribution >= 0.6 is 11.3 Å². The Morgan fingerprint density at radius 3 is 2.79 bits per heavy atom. The quantitative estimate of drug-likeness (QED) is 0.701. The van der Waals surface area contributed by atoms with Crippen molar-refractivity contribution in [3.05, 3.63) is 58.3 Å². The molecule has 2 amide bonds. The Bertz CT molecular complexity index is 861. The summed E-state index contributed by atoms with van der Waals surface area (Å²) in [6, 6.07) is 13.8. The van der Waals surface area contributed by atoms with E-state index in [4.69, 9.17) is 4.74 Å². The highest BCUT2D eigenvalue weighted by Gasteiger charge is 2.30. The van der Waals surface area contributed by atoms with Gasteiger partial charge in [-0.2, -0.15) is 5.10 Å². The first kappa shape index (κ1) is 19.8. The van der Waals surface area contributed by atoms with Crippen LogP contribution in [-0.2, 0) is 27.4 Å². The Morgan fingerprint density at radius 1 is 1.21 bits per heavy atom. The molecule has 0 aliphatic carbocycles. The van der Waals surface area contributed by atoms with Gasteiger partial charge in [-0.25, -0.2) is 5.01 Å². The van der Waals surface area contributed by atoms with Gasteiger partial charge in [-0.15, -0.1) is 11.3 Å². The number of rotatable bonds is 7. The van der Waals surface area contributed by atoms with Crippen molar-refractivity contribution in [3.63, 3.8) is 0 Å². The molecule has 0 bridgehead atoms. The van der Waals surface area contributed by atoms with E-state index in [1.165, 1.54) is 5.01 Å². The Balaban J connectivity index is 1.51. The fraction of sp³-hybridized carbons (Fsp3) is 0.409. The van der Waals surface area contributed by atoms with Gasteiger partial charge in [-0.3, -0.25) is 9.59 Å². The average molecular weight is 412 g/mol. The predicted octanol–water partition coefficient (Wildman–Crippen LogP) is 3.43. The van der Waals surface area contributed by atoms with E-state index < -0.39 is 0 Å². The number of carbonyl (C=O) groups excluding carboxylic acids is 2. The van der Waals surface area contributed by atoms with E-state index in [1.54, 1.807) is 11.3 Å². The van der Waals surface area contributed by atoms with E-state index in [-0.39, 0.29) is 17.9 Å². The summed E-state index contributed by atoms with van der Waals surface area (Å²) in [5, 5.41) is 7.90. The summed E-state index contributed by atoms with van der Waals surface area (Å²) in [4.78, 5) is 28.6. The summed E-state index contributed by atoms with van der Waals surface area (Å²) >= 11 is 1.64. The van der Waals surface area contributed by atoms with Crippen LogP contribution in [0, 0.1) is 0 Å². The maximum Gasteiger partial charge on any atom is 0.270 e. The highest BCUT2D eigenvalue weighted by Crippen LogP contribution is 2.20. The lowest BCUT2D eigenvalue weighted by molar-refractivity contribution is -0.133. The monoisotopic (exact) mass is 411 g/mol. The van der Waals surface area contributed by atoms with Crippen molar-refractivity contribution in [1.82, 2.24) is 9.91 Å². The number of ether oxygens (including phenoxy) is 1. The van der Waals surface area contributed by atoms with Crippen molar-refractivity contribution in [1.29, 1.82) is 0 Å². The minimum Gasteiger partial charge on any atom is -0.376 e. The van der Waals surface area contributed by atoms with Crippen LogP contribution in [0.15, 0.2) is 52.9 Å². The topological polar surface area (TPSA) is 62.2 Å². The van der Waals surface area contributed by atoms with Gasteiger partial charge in [-0.05, 0) is 29.9 Å². The molecule has 3 heterocycles. The third-order valence-corrected chi connectivity index (χ3v) is 6.05. The second-order valence-corrected chi connectivity index (χ2v) is 8.42. The van der Waals surface area contributed by atoms with E-state index in [0.717, 1.165) is 29.9 Å². The Labute approximate surface area is 174 Å². The summed E-state index contributed by atoms with van der Waals surface area (Å²) in [6.07, 6.45) is 2.77. The van der Waals surface area contributed by atoms with Crippen LogP contribution in [0.5, 0.6) is 0 Å². The third kappa shape index (κ3) is 5.10. The highest BCUT2D eigenvalue weighted by molar-refractivity contribution is 7.09. The second-order valence-electron chi connectivity index (χ2n) is 7.38. The van der Waals surface area contributed by atoms with Gasteiger partial charge in [0.05, 0.1) is 19.2 Å². The van der Waals surface area contributed by atoms with Crippen LogP contribution in [0.1, 0.15) is 36.1 Å². The second kappa shape index (κ2) is 9.33. The molecule has 2 aliphatic heterocycles. The number of hydrogen-bond donors (Lipinski definition) is 0. The van der Waals surface area contributed by atoms with Crippen LogP contribution in [0.3, 0.4) is 0 Å².